The molecule has 0 saturated carbocycles. The predicted octanol–water partition coefficient (Wildman–Crippen LogP) is 11.9. The van der Waals surface area contributed by atoms with Crippen LogP contribution in [0, 0.1) is 0 Å². The molecule has 0 N–H and O–H groups in total. The molecule has 0 unspecified atom stereocenters. The summed E-state index contributed by atoms with van der Waals surface area (Å²) in [7, 11) is 0. The second kappa shape index (κ2) is 9.43. The van der Waals surface area contributed by atoms with E-state index in [4.69, 9.17) is 0 Å². The number of hydrogen-bond acceptors (Lipinski definition) is 1. The van der Waals surface area contributed by atoms with Crippen LogP contribution in [0.15, 0.2) is 158 Å². The maximum absolute atomic E-state index is 2.44. The quantitative estimate of drug-likeness (QED) is 0.194. The summed E-state index contributed by atoms with van der Waals surface area (Å²) in [6.45, 7) is 0. The maximum Gasteiger partial charge on any atom is 0.0547 e. The Morgan fingerprint density at radius 2 is 1.00 bits per heavy atom. The third kappa shape index (κ3) is 3.56. The molecule has 10 aromatic rings. The van der Waals surface area contributed by atoms with Crippen LogP contribution in [0.3, 0.4) is 0 Å². The first kappa shape index (κ1) is 24.8. The standard InChI is InChI=1S/C42H26N2S/c1-2-11-28(12-3-1)43-36-17-7-4-13-31(36)32-23-21-27(25-39(32)43)30-16-10-19-38-42(30)34-15-5-8-18-37(34)44(38)29-22-24-41-35(26-29)33-14-6-9-20-40(33)45-41/h1-26H. The molecule has 210 valence electrons. The summed E-state index contributed by atoms with van der Waals surface area (Å²) in [5.74, 6) is 0. The topological polar surface area (TPSA) is 9.86 Å². The average molecular weight is 591 g/mol. The van der Waals surface area contributed by atoms with E-state index in [9.17, 15) is 0 Å². The van der Waals surface area contributed by atoms with Gasteiger partial charge >= 0.3 is 0 Å². The minimum Gasteiger partial charge on any atom is -0.309 e. The molecule has 0 radical (unpaired) electrons. The highest BCUT2D eigenvalue weighted by atomic mass is 32.1. The summed E-state index contributed by atoms with van der Waals surface area (Å²) in [4.78, 5) is 0. The van der Waals surface area contributed by atoms with Crippen LogP contribution in [0.25, 0.3) is 86.3 Å². The molecule has 7 aromatic carbocycles. The fourth-order valence-electron chi connectivity index (χ4n) is 7.38. The zero-order valence-electron chi connectivity index (χ0n) is 24.3. The highest BCUT2D eigenvalue weighted by Crippen LogP contribution is 2.42. The van der Waals surface area contributed by atoms with Gasteiger partial charge in [-0.1, -0.05) is 97.1 Å². The van der Waals surface area contributed by atoms with E-state index in [1.54, 1.807) is 0 Å². The molecule has 2 nitrogen and oxygen atoms in total. The Bertz CT molecular complexity index is 2760. The Labute approximate surface area is 263 Å². The van der Waals surface area contributed by atoms with Gasteiger partial charge in [0.1, 0.15) is 0 Å². The van der Waals surface area contributed by atoms with Gasteiger partial charge in [-0.2, -0.15) is 0 Å². The molecule has 0 aliphatic carbocycles. The number of nitrogens with zero attached hydrogens (tertiary/aromatic N) is 2. The first-order chi connectivity index (χ1) is 22.3. The Hall–Kier alpha value is -5.64. The third-order valence-corrected chi connectivity index (χ3v) is 10.5. The molecule has 10 rings (SSSR count). The highest BCUT2D eigenvalue weighted by Gasteiger charge is 2.18. The van der Waals surface area contributed by atoms with E-state index in [0.29, 0.717) is 0 Å². The summed E-state index contributed by atoms with van der Waals surface area (Å²) in [6, 6.07) is 57.7. The zero-order valence-corrected chi connectivity index (χ0v) is 25.1. The van der Waals surface area contributed by atoms with Crippen molar-refractivity contribution in [2.75, 3.05) is 0 Å². The second-order valence-electron chi connectivity index (χ2n) is 11.8. The van der Waals surface area contributed by atoms with Gasteiger partial charge in [0.25, 0.3) is 0 Å². The average Bonchev–Trinajstić information content (AvgIpc) is 3.75. The van der Waals surface area contributed by atoms with Crippen molar-refractivity contribution in [2.45, 2.75) is 0 Å². The Morgan fingerprint density at radius 3 is 1.87 bits per heavy atom. The van der Waals surface area contributed by atoms with E-state index in [-0.39, 0.29) is 0 Å². The van der Waals surface area contributed by atoms with E-state index in [1.165, 1.54) is 86.3 Å². The number of rotatable bonds is 3. The predicted molar refractivity (Wildman–Crippen MR) is 193 cm³/mol. The van der Waals surface area contributed by atoms with Crippen molar-refractivity contribution in [3.63, 3.8) is 0 Å². The van der Waals surface area contributed by atoms with Gasteiger partial charge in [0, 0.05) is 53.1 Å². The van der Waals surface area contributed by atoms with Gasteiger partial charge in [-0.3, -0.25) is 0 Å². The first-order valence-electron chi connectivity index (χ1n) is 15.4. The third-order valence-electron chi connectivity index (χ3n) is 9.32. The molecule has 0 atom stereocenters. The molecule has 45 heavy (non-hydrogen) atoms. The van der Waals surface area contributed by atoms with Crippen molar-refractivity contribution in [1.82, 2.24) is 9.13 Å². The van der Waals surface area contributed by atoms with E-state index in [2.05, 4.69) is 167 Å². The smallest absolute Gasteiger partial charge is 0.0547 e. The lowest BCUT2D eigenvalue weighted by atomic mass is 9.98. The molecule has 0 bridgehead atoms. The van der Waals surface area contributed by atoms with Crippen LogP contribution in [0.5, 0.6) is 0 Å². The van der Waals surface area contributed by atoms with Gasteiger partial charge in [0.15, 0.2) is 0 Å². The van der Waals surface area contributed by atoms with E-state index >= 15 is 0 Å². The molecule has 0 aliphatic rings. The highest BCUT2D eigenvalue weighted by molar-refractivity contribution is 7.25. The van der Waals surface area contributed by atoms with E-state index in [1.807, 2.05) is 11.3 Å². The van der Waals surface area contributed by atoms with Crippen LogP contribution in [0.4, 0.5) is 0 Å². The fourth-order valence-corrected chi connectivity index (χ4v) is 8.47. The van der Waals surface area contributed by atoms with Crippen LogP contribution >= 0.6 is 11.3 Å². The van der Waals surface area contributed by atoms with Crippen LogP contribution in [0.2, 0.25) is 0 Å². The maximum atomic E-state index is 2.44. The van der Waals surface area contributed by atoms with Crippen molar-refractivity contribution in [3.05, 3.63) is 158 Å². The van der Waals surface area contributed by atoms with Crippen LogP contribution in [0.1, 0.15) is 0 Å². The van der Waals surface area contributed by atoms with Crippen molar-refractivity contribution in [1.29, 1.82) is 0 Å². The van der Waals surface area contributed by atoms with Crippen LogP contribution < -0.4 is 0 Å². The van der Waals surface area contributed by atoms with Crippen molar-refractivity contribution in [3.8, 4) is 22.5 Å². The number of aromatic nitrogens is 2. The van der Waals surface area contributed by atoms with Gasteiger partial charge in [-0.05, 0) is 71.8 Å². The SMILES string of the molecule is c1ccc(-n2c3ccccc3c3ccc(-c4cccc5c4c4ccccc4n5-c4ccc5sc6ccccc6c5c4)cc32)cc1. The Balaban J connectivity index is 1.25. The van der Waals surface area contributed by atoms with Gasteiger partial charge in [-0.15, -0.1) is 11.3 Å². The summed E-state index contributed by atoms with van der Waals surface area (Å²) in [6.07, 6.45) is 0. The molecule has 0 amide bonds. The van der Waals surface area contributed by atoms with Gasteiger partial charge in [-0.25, -0.2) is 0 Å². The molecule has 3 heteroatoms. The summed E-state index contributed by atoms with van der Waals surface area (Å²) in [5.41, 5.74) is 9.71. The molecule has 0 spiro atoms. The number of benzene rings is 7. The van der Waals surface area contributed by atoms with Crippen molar-refractivity contribution in [2.24, 2.45) is 0 Å². The Morgan fingerprint density at radius 1 is 0.356 bits per heavy atom. The largest absolute Gasteiger partial charge is 0.309 e. The normalized spacial score (nSPS) is 12.0. The Kier molecular flexibility index (Phi) is 5.19. The molecule has 0 saturated heterocycles. The van der Waals surface area contributed by atoms with Crippen molar-refractivity contribution < 1.29 is 0 Å². The number of fused-ring (bicyclic) bond motifs is 9. The summed E-state index contributed by atoms with van der Waals surface area (Å²) < 4.78 is 7.50. The molecule has 0 fully saturated rings. The number of hydrogen-bond donors (Lipinski definition) is 0. The molecule has 0 aliphatic heterocycles. The van der Waals surface area contributed by atoms with Gasteiger partial charge < -0.3 is 9.13 Å². The minimum atomic E-state index is 1.17. The number of thiophene rings is 1. The van der Waals surface area contributed by atoms with Crippen LogP contribution in [-0.4, -0.2) is 9.13 Å². The van der Waals surface area contributed by atoms with Crippen molar-refractivity contribution >= 4 is 75.1 Å². The lowest BCUT2D eigenvalue weighted by molar-refractivity contribution is 1.18. The number of para-hydroxylation sites is 3. The van der Waals surface area contributed by atoms with Gasteiger partial charge in [0.05, 0.1) is 22.1 Å². The first-order valence-corrected chi connectivity index (χ1v) is 16.2. The van der Waals surface area contributed by atoms with Crippen LogP contribution in [-0.2, 0) is 0 Å². The molecular weight excluding hydrogens is 565 g/mol. The lowest BCUT2D eigenvalue weighted by Crippen LogP contribution is -1.94. The fraction of sp³-hybridized carbons (Fsp3) is 0. The molecular formula is C42H26N2S. The van der Waals surface area contributed by atoms with E-state index < -0.39 is 0 Å². The molecule has 3 aromatic heterocycles. The minimum absolute atomic E-state index is 1.17. The second-order valence-corrected chi connectivity index (χ2v) is 12.8. The summed E-state index contributed by atoms with van der Waals surface area (Å²) >= 11 is 1.87. The van der Waals surface area contributed by atoms with E-state index in [0.717, 1.165) is 0 Å². The monoisotopic (exact) mass is 590 g/mol. The van der Waals surface area contributed by atoms with Gasteiger partial charge in [0.2, 0.25) is 0 Å². The lowest BCUT2D eigenvalue weighted by Gasteiger charge is -2.11. The summed E-state index contributed by atoms with van der Waals surface area (Å²) in [5, 5.41) is 7.72. The zero-order chi connectivity index (χ0) is 29.5. The molecule has 3 heterocycles.